The van der Waals surface area contributed by atoms with Crippen LogP contribution in [0.1, 0.15) is 27.8 Å². The van der Waals surface area contributed by atoms with Crippen molar-refractivity contribution in [3.8, 4) is 11.1 Å². The lowest BCUT2D eigenvalue weighted by Crippen LogP contribution is -2.47. The van der Waals surface area contributed by atoms with Crippen molar-refractivity contribution in [2.45, 2.75) is 36.6 Å². The molecule has 1 fully saturated rings. The van der Waals surface area contributed by atoms with E-state index in [0.717, 1.165) is 23.3 Å². The number of nitrogens with zero attached hydrogens (tertiary/aromatic N) is 6. The minimum atomic E-state index is -4.44. The number of thioether (sulfide) groups is 1. The summed E-state index contributed by atoms with van der Waals surface area (Å²) in [5.74, 6) is -0.669. The number of hydrogen-bond donors (Lipinski definition) is 0. The first-order valence-corrected chi connectivity index (χ1v) is 17.7. The van der Waals surface area contributed by atoms with E-state index in [4.69, 9.17) is 4.74 Å². The molecule has 1 aliphatic heterocycles. The fourth-order valence-corrected chi connectivity index (χ4v) is 6.73. The van der Waals surface area contributed by atoms with E-state index in [9.17, 15) is 31.9 Å². The zero-order valence-electron chi connectivity index (χ0n) is 28.8. The van der Waals surface area contributed by atoms with Gasteiger partial charge in [-0.15, -0.1) is 0 Å². The van der Waals surface area contributed by atoms with Crippen LogP contribution in [0.4, 0.5) is 17.6 Å². The summed E-state index contributed by atoms with van der Waals surface area (Å²) in [6.45, 7) is 1.19. The van der Waals surface area contributed by atoms with Crippen LogP contribution in [0.3, 0.4) is 0 Å². The van der Waals surface area contributed by atoms with Crippen LogP contribution >= 0.6 is 11.8 Å². The van der Waals surface area contributed by atoms with Crippen LogP contribution in [0.15, 0.2) is 101 Å². The normalized spacial score (nSPS) is 13.3. The summed E-state index contributed by atoms with van der Waals surface area (Å²) < 4.78 is 61.4. The van der Waals surface area contributed by atoms with Crippen LogP contribution in [0.2, 0.25) is 0 Å². The summed E-state index contributed by atoms with van der Waals surface area (Å²) in [4.78, 5) is 48.3. The maximum atomic E-state index is 14.2. The maximum Gasteiger partial charge on any atom is 0.416 e. The van der Waals surface area contributed by atoms with Crippen LogP contribution in [0.5, 0.6) is 0 Å². The Kier molecular flexibility index (Phi) is 11.7. The van der Waals surface area contributed by atoms with Crippen molar-refractivity contribution in [1.82, 2.24) is 29.1 Å². The predicted octanol–water partition coefficient (Wildman–Crippen LogP) is 5.57. The molecule has 276 valence electrons. The smallest absolute Gasteiger partial charge is 0.378 e. The van der Waals surface area contributed by atoms with Gasteiger partial charge in [-0.25, -0.2) is 4.39 Å². The third kappa shape index (κ3) is 9.99. The number of hydrogen-bond acceptors (Lipinski definition) is 7. The van der Waals surface area contributed by atoms with Crippen molar-refractivity contribution in [3.63, 3.8) is 0 Å². The molecule has 2 aromatic heterocycles. The molecule has 53 heavy (non-hydrogen) atoms. The monoisotopic (exact) mass is 748 g/mol. The Balaban J connectivity index is 1.26. The lowest BCUT2D eigenvalue weighted by atomic mass is 10.0. The molecule has 0 spiro atoms. The Morgan fingerprint density at radius 1 is 0.887 bits per heavy atom. The third-order valence-corrected chi connectivity index (χ3v) is 9.75. The van der Waals surface area contributed by atoms with Crippen molar-refractivity contribution in [2.75, 3.05) is 32.8 Å². The van der Waals surface area contributed by atoms with E-state index in [1.54, 1.807) is 76.2 Å². The molecule has 2 amide bonds. The zero-order chi connectivity index (χ0) is 37.5. The maximum absolute atomic E-state index is 14.2. The first-order chi connectivity index (χ1) is 25.4. The van der Waals surface area contributed by atoms with E-state index in [1.807, 2.05) is 0 Å². The fourth-order valence-electron chi connectivity index (χ4n) is 5.81. The average molecular weight is 749 g/mol. The van der Waals surface area contributed by atoms with Crippen molar-refractivity contribution in [1.29, 1.82) is 0 Å². The minimum Gasteiger partial charge on any atom is -0.378 e. The molecule has 0 radical (unpaired) electrons. The van der Waals surface area contributed by atoms with Gasteiger partial charge in [-0.2, -0.15) is 23.3 Å². The second-order valence-electron chi connectivity index (χ2n) is 12.6. The van der Waals surface area contributed by atoms with Crippen molar-refractivity contribution in [2.24, 2.45) is 7.05 Å². The highest BCUT2D eigenvalue weighted by Gasteiger charge is 2.30. The Morgan fingerprint density at radius 2 is 1.53 bits per heavy atom. The molecule has 0 N–H and O–H groups in total. The topological polar surface area (TPSA) is 103 Å². The molecular formula is C38H36F4N6O4S. The van der Waals surface area contributed by atoms with Crippen molar-refractivity contribution in [3.05, 3.63) is 135 Å². The van der Waals surface area contributed by atoms with Gasteiger partial charge < -0.3 is 19.1 Å². The molecule has 3 aromatic carbocycles. The number of halogens is 4. The minimum absolute atomic E-state index is 0.0659. The number of aromatic nitrogens is 4. The number of morpholine rings is 1. The van der Waals surface area contributed by atoms with Crippen molar-refractivity contribution >= 4 is 23.6 Å². The predicted molar refractivity (Wildman–Crippen MR) is 190 cm³/mol. The first-order valence-electron chi connectivity index (χ1n) is 16.8. The van der Waals surface area contributed by atoms with Gasteiger partial charge in [0.2, 0.25) is 11.8 Å². The van der Waals surface area contributed by atoms with Gasteiger partial charge in [0.1, 0.15) is 18.9 Å². The summed E-state index contributed by atoms with van der Waals surface area (Å²) in [5, 5.41) is 4.46. The van der Waals surface area contributed by atoms with Gasteiger partial charge in [-0.05, 0) is 52.1 Å². The molecule has 15 heteroatoms. The molecule has 5 aromatic rings. The summed E-state index contributed by atoms with van der Waals surface area (Å²) in [6, 6.07) is 17.9. The van der Waals surface area contributed by atoms with Gasteiger partial charge in [-0.1, -0.05) is 60.3 Å². The highest BCUT2D eigenvalue weighted by atomic mass is 32.2. The lowest BCUT2D eigenvalue weighted by Gasteiger charge is -2.30. The van der Waals surface area contributed by atoms with E-state index in [1.165, 1.54) is 40.9 Å². The van der Waals surface area contributed by atoms with Crippen molar-refractivity contribution < 1.29 is 31.9 Å². The molecular weight excluding hydrogens is 713 g/mol. The fraction of sp³-hybridized carbons (Fsp3) is 0.289. The highest BCUT2D eigenvalue weighted by molar-refractivity contribution is 7.98. The Hall–Kier alpha value is -5.28. The standard InChI is InChI=1S/C38H36F4N6O4S/c1-45-20-28(19-43-45)18-31-22-48(37(44-36(31)51)53-25-27-4-12-33(39)13-5-27)24-35(50)47(23-34(49)46-14-16-52-17-15-46)21-26-2-6-29(7-3-26)30-8-10-32(11-9-30)38(40,41)42/h2-13,19-20,22H,14-18,21,23-25H2,1H3. The molecule has 6 rings (SSSR count). The molecule has 1 aliphatic rings. The Labute approximate surface area is 307 Å². The molecule has 0 aliphatic carbocycles. The number of amides is 2. The van der Waals surface area contributed by atoms with Crippen LogP contribution in [-0.4, -0.2) is 73.8 Å². The third-order valence-electron chi connectivity index (χ3n) is 8.68. The number of alkyl halides is 3. The summed E-state index contributed by atoms with van der Waals surface area (Å²) >= 11 is 1.23. The van der Waals surface area contributed by atoms with E-state index in [-0.39, 0.29) is 42.9 Å². The Bertz CT molecular complexity index is 2100. The summed E-state index contributed by atoms with van der Waals surface area (Å²) in [6.07, 6.45) is 0.836. The van der Waals surface area contributed by atoms with E-state index >= 15 is 0 Å². The zero-order valence-corrected chi connectivity index (χ0v) is 29.6. The molecule has 10 nitrogen and oxygen atoms in total. The number of carbonyl (C=O) groups excluding carboxylic acids is 2. The summed E-state index contributed by atoms with van der Waals surface area (Å²) in [5.41, 5.74) is 2.72. The average Bonchev–Trinajstić information content (AvgIpc) is 3.57. The van der Waals surface area contributed by atoms with E-state index in [2.05, 4.69) is 10.1 Å². The second-order valence-corrected chi connectivity index (χ2v) is 13.6. The molecule has 3 heterocycles. The van der Waals surface area contributed by atoms with Gasteiger partial charge in [0.05, 0.1) is 25.0 Å². The molecule has 0 saturated carbocycles. The lowest BCUT2D eigenvalue weighted by molar-refractivity contribution is -0.143. The van der Waals surface area contributed by atoms with Crippen LogP contribution < -0.4 is 5.56 Å². The molecule has 0 atom stereocenters. The SMILES string of the molecule is Cn1cc(Cc2cn(CC(=O)N(CC(=O)N3CCOCC3)Cc3ccc(-c4ccc(C(F)(F)F)cc4)cc3)c(SCc3ccc(F)cc3)nc2=O)cn1. The van der Waals surface area contributed by atoms with Crippen LogP contribution in [0, 0.1) is 5.82 Å². The second kappa shape index (κ2) is 16.6. The van der Waals surface area contributed by atoms with E-state index in [0.29, 0.717) is 54.3 Å². The van der Waals surface area contributed by atoms with Gasteiger partial charge in [-0.3, -0.25) is 19.1 Å². The first kappa shape index (κ1) is 37.5. The number of aryl methyl sites for hydroxylation is 1. The quantitative estimate of drug-likeness (QED) is 0.0935. The Morgan fingerprint density at radius 3 is 2.15 bits per heavy atom. The number of rotatable bonds is 12. The van der Waals surface area contributed by atoms with Gasteiger partial charge in [0, 0.05) is 56.8 Å². The van der Waals surface area contributed by atoms with Gasteiger partial charge in [0.25, 0.3) is 5.56 Å². The molecule has 1 saturated heterocycles. The van der Waals surface area contributed by atoms with Crippen LogP contribution in [-0.2, 0) is 52.8 Å². The number of ether oxygens (including phenoxy) is 1. The number of carbonyl (C=O) groups is 2. The highest BCUT2D eigenvalue weighted by Crippen LogP contribution is 2.31. The molecule has 0 unspecified atom stereocenters. The van der Waals surface area contributed by atoms with E-state index < -0.39 is 23.2 Å². The number of benzene rings is 3. The van der Waals surface area contributed by atoms with Gasteiger partial charge in [0.15, 0.2) is 5.16 Å². The largest absolute Gasteiger partial charge is 0.416 e. The summed E-state index contributed by atoms with van der Waals surface area (Å²) in [7, 11) is 1.77. The molecule has 0 bridgehead atoms. The van der Waals surface area contributed by atoms with Gasteiger partial charge >= 0.3 is 6.18 Å². The van der Waals surface area contributed by atoms with Crippen LogP contribution in [0.25, 0.3) is 11.1 Å².